The Morgan fingerprint density at radius 2 is 2.17 bits per heavy atom. The SMILES string of the molecule is CCC(C)NC(=O)CN1CCCCC1CC(=O)O. The summed E-state index contributed by atoms with van der Waals surface area (Å²) in [5.74, 6) is -0.782. The standard InChI is InChI=1S/C13H24N2O3/c1-3-10(2)14-12(16)9-15-7-5-4-6-11(15)8-13(17)18/h10-11H,3-9H2,1-2H3,(H,14,16)(H,17,18). The summed E-state index contributed by atoms with van der Waals surface area (Å²) in [6.07, 6.45) is 4.03. The number of carbonyl (C=O) groups excluding carboxylic acids is 1. The third-order valence-electron chi connectivity index (χ3n) is 3.53. The van der Waals surface area contributed by atoms with Gasteiger partial charge in [-0.25, -0.2) is 0 Å². The first kappa shape index (κ1) is 15.0. The molecule has 0 aromatic carbocycles. The number of aliphatic carboxylic acids is 1. The molecule has 1 amide bonds. The summed E-state index contributed by atoms with van der Waals surface area (Å²) in [5, 5.41) is 11.8. The van der Waals surface area contributed by atoms with Gasteiger partial charge in [0.05, 0.1) is 13.0 Å². The van der Waals surface area contributed by atoms with Crippen molar-refractivity contribution in [1.29, 1.82) is 0 Å². The van der Waals surface area contributed by atoms with E-state index in [0.29, 0.717) is 6.54 Å². The average Bonchev–Trinajstić information content (AvgIpc) is 2.30. The zero-order valence-electron chi connectivity index (χ0n) is 11.3. The van der Waals surface area contributed by atoms with Gasteiger partial charge in [-0.15, -0.1) is 0 Å². The number of carbonyl (C=O) groups is 2. The molecule has 0 bridgehead atoms. The molecule has 0 aromatic rings. The molecule has 0 aromatic heterocycles. The molecular formula is C13H24N2O3. The first-order valence-electron chi connectivity index (χ1n) is 6.78. The van der Waals surface area contributed by atoms with E-state index in [9.17, 15) is 9.59 Å². The van der Waals surface area contributed by atoms with Crippen molar-refractivity contribution in [2.24, 2.45) is 0 Å². The van der Waals surface area contributed by atoms with Crippen LogP contribution < -0.4 is 5.32 Å². The van der Waals surface area contributed by atoms with Crippen LogP contribution in [0, 0.1) is 0 Å². The highest BCUT2D eigenvalue weighted by Gasteiger charge is 2.26. The molecule has 1 aliphatic rings. The second-order valence-corrected chi connectivity index (χ2v) is 5.09. The third-order valence-corrected chi connectivity index (χ3v) is 3.53. The van der Waals surface area contributed by atoms with Gasteiger partial charge in [-0.2, -0.15) is 0 Å². The first-order chi connectivity index (χ1) is 8.52. The highest BCUT2D eigenvalue weighted by Crippen LogP contribution is 2.19. The van der Waals surface area contributed by atoms with E-state index in [0.717, 1.165) is 32.2 Å². The lowest BCUT2D eigenvalue weighted by Crippen LogP contribution is -2.47. The molecule has 18 heavy (non-hydrogen) atoms. The predicted octanol–water partition coefficient (Wildman–Crippen LogP) is 1.23. The molecule has 1 saturated heterocycles. The smallest absolute Gasteiger partial charge is 0.304 e. The molecule has 1 heterocycles. The molecule has 0 spiro atoms. The average molecular weight is 256 g/mol. The Hall–Kier alpha value is -1.10. The van der Waals surface area contributed by atoms with E-state index in [1.807, 2.05) is 18.7 Å². The van der Waals surface area contributed by atoms with Crippen LogP contribution in [-0.4, -0.2) is 47.1 Å². The van der Waals surface area contributed by atoms with Crippen molar-refractivity contribution in [3.63, 3.8) is 0 Å². The molecular weight excluding hydrogens is 232 g/mol. The molecule has 104 valence electrons. The molecule has 1 fully saturated rings. The Kier molecular flexibility index (Phi) is 6.12. The lowest BCUT2D eigenvalue weighted by atomic mass is 9.99. The summed E-state index contributed by atoms with van der Waals surface area (Å²) in [6, 6.07) is 0.194. The molecule has 5 heteroatoms. The third kappa shape index (κ3) is 5.04. The van der Waals surface area contributed by atoms with E-state index in [1.165, 1.54) is 0 Å². The highest BCUT2D eigenvalue weighted by molar-refractivity contribution is 5.78. The van der Waals surface area contributed by atoms with Crippen LogP contribution in [0.5, 0.6) is 0 Å². The van der Waals surface area contributed by atoms with Gasteiger partial charge in [-0.1, -0.05) is 13.3 Å². The number of carboxylic acids is 1. The van der Waals surface area contributed by atoms with Crippen molar-refractivity contribution in [1.82, 2.24) is 10.2 Å². The van der Waals surface area contributed by atoms with Gasteiger partial charge in [-0.3, -0.25) is 14.5 Å². The fraction of sp³-hybridized carbons (Fsp3) is 0.846. The van der Waals surface area contributed by atoms with Gasteiger partial charge in [0.1, 0.15) is 0 Å². The highest BCUT2D eigenvalue weighted by atomic mass is 16.4. The number of hydrogen-bond donors (Lipinski definition) is 2. The van der Waals surface area contributed by atoms with Crippen molar-refractivity contribution < 1.29 is 14.7 Å². The van der Waals surface area contributed by atoms with E-state index in [-0.39, 0.29) is 24.4 Å². The molecule has 0 saturated carbocycles. The predicted molar refractivity (Wildman–Crippen MR) is 69.4 cm³/mol. The Morgan fingerprint density at radius 3 is 2.78 bits per heavy atom. The van der Waals surface area contributed by atoms with Crippen LogP contribution in [0.1, 0.15) is 46.0 Å². The lowest BCUT2D eigenvalue weighted by molar-refractivity contribution is -0.139. The monoisotopic (exact) mass is 256 g/mol. The maximum absolute atomic E-state index is 11.8. The van der Waals surface area contributed by atoms with Gasteiger partial charge < -0.3 is 10.4 Å². The van der Waals surface area contributed by atoms with E-state index in [4.69, 9.17) is 5.11 Å². The van der Waals surface area contributed by atoms with Crippen LogP contribution >= 0.6 is 0 Å². The molecule has 2 unspecified atom stereocenters. The minimum atomic E-state index is -0.783. The van der Waals surface area contributed by atoms with Crippen LogP contribution in [0.25, 0.3) is 0 Å². The molecule has 2 atom stereocenters. The Labute approximate surface area is 109 Å². The number of carboxylic acid groups (broad SMARTS) is 1. The second kappa shape index (κ2) is 7.36. The molecule has 1 aliphatic heterocycles. The van der Waals surface area contributed by atoms with Crippen molar-refractivity contribution >= 4 is 11.9 Å². The summed E-state index contributed by atoms with van der Waals surface area (Å²) < 4.78 is 0. The summed E-state index contributed by atoms with van der Waals surface area (Å²) in [7, 11) is 0. The number of hydrogen-bond acceptors (Lipinski definition) is 3. The van der Waals surface area contributed by atoms with Gasteiger partial charge in [0.25, 0.3) is 0 Å². The molecule has 2 N–H and O–H groups in total. The Balaban J connectivity index is 2.46. The molecule has 0 aliphatic carbocycles. The Morgan fingerprint density at radius 1 is 1.44 bits per heavy atom. The van der Waals surface area contributed by atoms with Gasteiger partial charge in [0.15, 0.2) is 0 Å². The molecule has 1 rings (SSSR count). The van der Waals surface area contributed by atoms with Gasteiger partial charge in [0.2, 0.25) is 5.91 Å². The van der Waals surface area contributed by atoms with E-state index in [2.05, 4.69) is 5.32 Å². The fourth-order valence-corrected chi connectivity index (χ4v) is 2.31. The van der Waals surface area contributed by atoms with E-state index >= 15 is 0 Å². The van der Waals surface area contributed by atoms with Gasteiger partial charge >= 0.3 is 5.97 Å². The van der Waals surface area contributed by atoms with Crippen LogP contribution in [0.15, 0.2) is 0 Å². The molecule has 0 radical (unpaired) electrons. The van der Waals surface area contributed by atoms with Crippen LogP contribution in [0.2, 0.25) is 0 Å². The summed E-state index contributed by atoms with van der Waals surface area (Å²) in [5.41, 5.74) is 0. The number of piperidine rings is 1. The number of amides is 1. The summed E-state index contributed by atoms with van der Waals surface area (Å²) >= 11 is 0. The lowest BCUT2D eigenvalue weighted by Gasteiger charge is -2.34. The largest absolute Gasteiger partial charge is 0.481 e. The van der Waals surface area contributed by atoms with Crippen LogP contribution in [0.4, 0.5) is 0 Å². The minimum Gasteiger partial charge on any atom is -0.481 e. The minimum absolute atomic E-state index is 0.00152. The topological polar surface area (TPSA) is 69.6 Å². The number of nitrogens with zero attached hydrogens (tertiary/aromatic N) is 1. The first-order valence-corrected chi connectivity index (χ1v) is 6.78. The Bertz CT molecular complexity index is 294. The zero-order chi connectivity index (χ0) is 13.5. The maximum Gasteiger partial charge on any atom is 0.304 e. The van der Waals surface area contributed by atoms with Crippen molar-refractivity contribution in [3.8, 4) is 0 Å². The quantitative estimate of drug-likeness (QED) is 0.750. The van der Waals surface area contributed by atoms with Crippen molar-refractivity contribution in [2.45, 2.75) is 58.0 Å². The van der Waals surface area contributed by atoms with Crippen LogP contribution in [0.3, 0.4) is 0 Å². The van der Waals surface area contributed by atoms with Gasteiger partial charge in [-0.05, 0) is 32.7 Å². The normalized spacial score (nSPS) is 22.4. The number of nitrogens with one attached hydrogen (secondary N) is 1. The van der Waals surface area contributed by atoms with E-state index < -0.39 is 5.97 Å². The zero-order valence-corrected chi connectivity index (χ0v) is 11.3. The summed E-state index contributed by atoms with van der Waals surface area (Å²) in [4.78, 5) is 24.6. The van der Waals surface area contributed by atoms with Gasteiger partial charge in [0, 0.05) is 12.1 Å². The van der Waals surface area contributed by atoms with Crippen LogP contribution in [-0.2, 0) is 9.59 Å². The fourth-order valence-electron chi connectivity index (χ4n) is 2.31. The second-order valence-electron chi connectivity index (χ2n) is 5.09. The van der Waals surface area contributed by atoms with E-state index in [1.54, 1.807) is 0 Å². The summed E-state index contributed by atoms with van der Waals surface area (Å²) in [6.45, 7) is 5.15. The maximum atomic E-state index is 11.8. The number of rotatable bonds is 6. The molecule has 5 nitrogen and oxygen atoms in total. The van der Waals surface area contributed by atoms with Crippen molar-refractivity contribution in [2.75, 3.05) is 13.1 Å². The number of likely N-dealkylation sites (tertiary alicyclic amines) is 1. The van der Waals surface area contributed by atoms with Crippen molar-refractivity contribution in [3.05, 3.63) is 0 Å².